The van der Waals surface area contributed by atoms with Crippen molar-refractivity contribution in [3.8, 4) is 6.07 Å². The Morgan fingerprint density at radius 1 is 1.46 bits per heavy atom. The lowest BCUT2D eigenvalue weighted by Crippen LogP contribution is -2.31. The summed E-state index contributed by atoms with van der Waals surface area (Å²) in [5, 5.41) is 32.6. The van der Waals surface area contributed by atoms with E-state index in [1.54, 1.807) is 0 Å². The maximum atomic E-state index is 11.3. The largest absolute Gasteiger partial charge is 0.480 e. The Morgan fingerprint density at radius 2 is 2.17 bits per heavy atom. The number of aliphatic carboxylic acids is 1. The number of benzene rings is 1. The van der Waals surface area contributed by atoms with Crippen LogP contribution in [0.5, 0.6) is 0 Å². The van der Waals surface area contributed by atoms with Crippen LogP contribution in [0, 0.1) is 27.4 Å². The molecule has 0 fully saturated rings. The zero-order valence-electron chi connectivity index (χ0n) is 13.2. The number of nitro benzene ring substituents is 1. The van der Waals surface area contributed by atoms with Crippen molar-refractivity contribution in [3.63, 3.8) is 0 Å². The van der Waals surface area contributed by atoms with Crippen LogP contribution in [0.1, 0.15) is 25.8 Å². The first-order valence-corrected chi connectivity index (χ1v) is 7.30. The van der Waals surface area contributed by atoms with Gasteiger partial charge in [-0.05, 0) is 24.5 Å². The Kier molecular flexibility index (Phi) is 4.94. The molecule has 1 unspecified atom stereocenters. The molecule has 0 saturated carbocycles. The van der Waals surface area contributed by atoms with E-state index in [-0.39, 0.29) is 23.0 Å². The maximum Gasteiger partial charge on any atom is 0.326 e. The van der Waals surface area contributed by atoms with Gasteiger partial charge in [0.2, 0.25) is 0 Å². The zero-order chi connectivity index (χ0) is 17.9. The van der Waals surface area contributed by atoms with Gasteiger partial charge in [0, 0.05) is 17.5 Å². The van der Waals surface area contributed by atoms with Crippen molar-refractivity contribution < 1.29 is 14.8 Å². The van der Waals surface area contributed by atoms with Crippen LogP contribution in [0.3, 0.4) is 0 Å². The van der Waals surface area contributed by atoms with E-state index in [4.69, 9.17) is 0 Å². The first-order valence-electron chi connectivity index (χ1n) is 7.30. The number of pyridine rings is 1. The van der Waals surface area contributed by atoms with Gasteiger partial charge in [-0.25, -0.2) is 9.78 Å². The number of hydrogen-bond donors (Lipinski definition) is 2. The fourth-order valence-electron chi connectivity index (χ4n) is 2.37. The average molecular weight is 328 g/mol. The predicted molar refractivity (Wildman–Crippen MR) is 87.6 cm³/mol. The average Bonchev–Trinajstić information content (AvgIpc) is 2.52. The summed E-state index contributed by atoms with van der Waals surface area (Å²) >= 11 is 0. The molecule has 0 aliphatic rings. The summed E-state index contributed by atoms with van der Waals surface area (Å²) < 4.78 is 0. The molecule has 1 heterocycles. The number of nitriles is 1. The van der Waals surface area contributed by atoms with Gasteiger partial charge in [0.15, 0.2) is 0 Å². The number of fused-ring (bicyclic) bond motifs is 1. The standard InChI is InChI=1S/C16H16N4O4/c1-9(2)5-14(16(21)22)19-15-6-10(8-17)12-7-11(20(23)24)3-4-13(12)18-15/h3-4,6-7,9,14H,5H2,1-2H3,(H,18,19)(H,21,22). The van der Waals surface area contributed by atoms with Crippen LogP contribution in [-0.2, 0) is 4.79 Å². The summed E-state index contributed by atoms with van der Waals surface area (Å²) in [5.41, 5.74) is 0.445. The fourth-order valence-corrected chi connectivity index (χ4v) is 2.37. The maximum absolute atomic E-state index is 11.3. The fraction of sp³-hybridized carbons (Fsp3) is 0.312. The number of hydrogen-bond acceptors (Lipinski definition) is 6. The van der Waals surface area contributed by atoms with Crippen molar-refractivity contribution in [2.45, 2.75) is 26.3 Å². The third-order valence-electron chi connectivity index (χ3n) is 3.45. The minimum atomic E-state index is -1.01. The van der Waals surface area contributed by atoms with Crippen molar-refractivity contribution in [1.82, 2.24) is 4.98 Å². The molecule has 0 radical (unpaired) electrons. The van der Waals surface area contributed by atoms with Gasteiger partial charge >= 0.3 is 5.97 Å². The Hall–Kier alpha value is -3.21. The molecule has 24 heavy (non-hydrogen) atoms. The van der Waals surface area contributed by atoms with Gasteiger partial charge < -0.3 is 10.4 Å². The molecule has 1 aromatic heterocycles. The summed E-state index contributed by atoms with van der Waals surface area (Å²) in [5.74, 6) is -0.592. The Labute approximate surface area is 137 Å². The van der Waals surface area contributed by atoms with Crippen molar-refractivity contribution in [1.29, 1.82) is 5.26 Å². The molecular formula is C16H16N4O4. The highest BCUT2D eigenvalue weighted by Gasteiger charge is 2.20. The number of carbonyl (C=O) groups is 1. The zero-order valence-corrected chi connectivity index (χ0v) is 13.2. The minimum Gasteiger partial charge on any atom is -0.480 e. The van der Waals surface area contributed by atoms with E-state index in [0.717, 1.165) is 0 Å². The Bertz CT molecular complexity index is 842. The van der Waals surface area contributed by atoms with Crippen LogP contribution in [0.2, 0.25) is 0 Å². The van der Waals surface area contributed by atoms with Gasteiger partial charge in [-0.1, -0.05) is 13.8 Å². The molecular weight excluding hydrogens is 312 g/mol. The van der Waals surface area contributed by atoms with Gasteiger partial charge in [-0.3, -0.25) is 10.1 Å². The predicted octanol–water partition coefficient (Wildman–Crippen LogP) is 2.93. The molecule has 0 bridgehead atoms. The van der Waals surface area contributed by atoms with Crippen LogP contribution in [0.4, 0.5) is 11.5 Å². The van der Waals surface area contributed by atoms with E-state index in [2.05, 4.69) is 10.3 Å². The van der Waals surface area contributed by atoms with Gasteiger partial charge in [0.05, 0.1) is 22.1 Å². The number of non-ortho nitro benzene ring substituents is 1. The molecule has 0 spiro atoms. The molecule has 0 saturated heterocycles. The van der Waals surface area contributed by atoms with E-state index < -0.39 is 16.9 Å². The van der Waals surface area contributed by atoms with Crippen LogP contribution in [-0.4, -0.2) is 27.0 Å². The molecule has 8 heteroatoms. The monoisotopic (exact) mass is 328 g/mol. The first-order chi connectivity index (χ1) is 11.3. The lowest BCUT2D eigenvalue weighted by Gasteiger charge is -2.17. The number of carboxylic acids is 1. The minimum absolute atomic E-state index is 0.135. The van der Waals surface area contributed by atoms with Crippen LogP contribution in [0.25, 0.3) is 10.9 Å². The van der Waals surface area contributed by atoms with E-state index in [1.807, 2.05) is 19.9 Å². The number of anilines is 1. The van der Waals surface area contributed by atoms with Gasteiger partial charge in [-0.2, -0.15) is 5.26 Å². The van der Waals surface area contributed by atoms with Crippen LogP contribution in [0.15, 0.2) is 24.3 Å². The second-order valence-electron chi connectivity index (χ2n) is 5.79. The number of aromatic nitrogens is 1. The normalized spacial score (nSPS) is 11.9. The Morgan fingerprint density at radius 3 is 2.71 bits per heavy atom. The van der Waals surface area contributed by atoms with Crippen molar-refractivity contribution in [3.05, 3.63) is 39.9 Å². The highest BCUT2D eigenvalue weighted by molar-refractivity contribution is 5.88. The lowest BCUT2D eigenvalue weighted by molar-refractivity contribution is -0.384. The Balaban J connectivity index is 2.46. The topological polar surface area (TPSA) is 129 Å². The van der Waals surface area contributed by atoms with Crippen LogP contribution >= 0.6 is 0 Å². The van der Waals surface area contributed by atoms with Gasteiger partial charge in [-0.15, -0.1) is 0 Å². The summed E-state index contributed by atoms with van der Waals surface area (Å²) in [6.45, 7) is 3.82. The quantitative estimate of drug-likeness (QED) is 0.616. The van der Waals surface area contributed by atoms with Crippen LogP contribution < -0.4 is 5.32 Å². The number of nitro groups is 1. The number of rotatable bonds is 6. The summed E-state index contributed by atoms with van der Waals surface area (Å²) in [6.07, 6.45) is 0.400. The first kappa shape index (κ1) is 17.1. The molecule has 8 nitrogen and oxygen atoms in total. The summed E-state index contributed by atoms with van der Waals surface area (Å²) in [7, 11) is 0. The van der Waals surface area contributed by atoms with Crippen molar-refractivity contribution in [2.75, 3.05) is 5.32 Å². The lowest BCUT2D eigenvalue weighted by atomic mass is 10.0. The van der Waals surface area contributed by atoms with Crippen molar-refractivity contribution >= 4 is 28.4 Å². The summed E-state index contributed by atoms with van der Waals surface area (Å²) in [6, 6.07) is 6.56. The molecule has 2 aromatic rings. The third kappa shape index (κ3) is 3.76. The number of nitrogens with zero attached hydrogens (tertiary/aromatic N) is 3. The molecule has 2 rings (SSSR count). The molecule has 1 aromatic carbocycles. The number of carboxylic acid groups (broad SMARTS) is 1. The third-order valence-corrected chi connectivity index (χ3v) is 3.45. The van der Waals surface area contributed by atoms with Gasteiger partial charge in [0.25, 0.3) is 5.69 Å². The highest BCUT2D eigenvalue weighted by Crippen LogP contribution is 2.25. The van der Waals surface area contributed by atoms with Gasteiger partial charge in [0.1, 0.15) is 11.9 Å². The molecule has 1 atom stereocenters. The molecule has 0 aliphatic heterocycles. The second kappa shape index (κ2) is 6.91. The summed E-state index contributed by atoms with van der Waals surface area (Å²) in [4.78, 5) is 25.9. The molecule has 2 N–H and O–H groups in total. The number of nitrogens with one attached hydrogen (secondary N) is 1. The van der Waals surface area contributed by atoms with E-state index >= 15 is 0 Å². The molecule has 124 valence electrons. The van der Waals surface area contributed by atoms with E-state index in [9.17, 15) is 25.3 Å². The molecule has 0 amide bonds. The molecule has 0 aliphatic carbocycles. The smallest absolute Gasteiger partial charge is 0.326 e. The SMILES string of the molecule is CC(C)CC(Nc1cc(C#N)c2cc([N+](=O)[O-])ccc2n1)C(=O)O. The van der Waals surface area contributed by atoms with E-state index in [0.29, 0.717) is 17.3 Å². The van der Waals surface area contributed by atoms with Crippen molar-refractivity contribution in [2.24, 2.45) is 5.92 Å². The highest BCUT2D eigenvalue weighted by atomic mass is 16.6. The second-order valence-corrected chi connectivity index (χ2v) is 5.79. The van der Waals surface area contributed by atoms with E-state index in [1.165, 1.54) is 24.3 Å².